The fraction of sp³-hybridized carbons (Fsp3) is 0.312. The number of hydrogen-bond donors (Lipinski definition) is 3. The summed E-state index contributed by atoms with van der Waals surface area (Å²) in [5.41, 5.74) is 6.03. The molecule has 2 atom stereocenters. The molecule has 12 nitrogen and oxygen atoms in total. The van der Waals surface area contributed by atoms with Gasteiger partial charge >= 0.3 is 29.6 Å². The standard InChI is InChI=1S/C16H14N8O4S3.Na/c17-1-2-29-5-8(25)20-9-13(26)24-10(15(27)28)7(4-30-14(9)24)31-16-21-11(18)6-3-19-23-12(6)22-16;/h3,9,14H,2,4-5H2,(H,20,25)(H,27,28)(H3,18,19,21,22,23);/q;+1/p-1/t9?,14-;/m1./s1. The van der Waals surface area contributed by atoms with Gasteiger partial charge in [0.15, 0.2) is 10.8 Å². The molecule has 0 aromatic carbocycles. The molecule has 0 saturated carbocycles. The molecule has 0 bridgehead atoms. The van der Waals surface area contributed by atoms with Crippen molar-refractivity contribution in [3.8, 4) is 6.07 Å². The van der Waals surface area contributed by atoms with Crippen molar-refractivity contribution in [3.05, 3.63) is 16.8 Å². The van der Waals surface area contributed by atoms with E-state index in [4.69, 9.17) is 11.0 Å². The number of nitrogens with one attached hydrogen (secondary N) is 2. The van der Waals surface area contributed by atoms with E-state index in [-0.39, 0.29) is 63.5 Å². The number of nitrogen functional groups attached to an aromatic ring is 1. The van der Waals surface area contributed by atoms with Crippen LogP contribution in [-0.2, 0) is 14.4 Å². The molecule has 0 aliphatic carbocycles. The van der Waals surface area contributed by atoms with Crippen LogP contribution in [0.15, 0.2) is 22.0 Å². The first kappa shape index (κ1) is 24.7. The molecule has 4 heterocycles. The van der Waals surface area contributed by atoms with Gasteiger partial charge in [-0.15, -0.1) is 23.5 Å². The second kappa shape index (κ2) is 10.3. The fourth-order valence-electron chi connectivity index (χ4n) is 3.06. The zero-order chi connectivity index (χ0) is 22.1. The first-order valence-corrected chi connectivity index (χ1v) is 11.7. The summed E-state index contributed by atoms with van der Waals surface area (Å²) < 4.78 is 0. The Kier molecular flexibility index (Phi) is 7.96. The van der Waals surface area contributed by atoms with E-state index in [1.807, 2.05) is 6.07 Å². The van der Waals surface area contributed by atoms with E-state index < -0.39 is 29.2 Å². The number of H-pyrrole nitrogens is 1. The molecule has 2 aromatic rings. The topological polar surface area (TPSA) is 194 Å². The van der Waals surface area contributed by atoms with Crippen LogP contribution in [0.3, 0.4) is 0 Å². The molecule has 2 aliphatic heterocycles. The van der Waals surface area contributed by atoms with Gasteiger partial charge < -0.3 is 21.0 Å². The molecule has 32 heavy (non-hydrogen) atoms. The molecular formula is C16H13N8NaO4S3. The van der Waals surface area contributed by atoms with Gasteiger partial charge in [-0.3, -0.25) is 19.6 Å². The van der Waals surface area contributed by atoms with E-state index in [2.05, 4.69) is 25.5 Å². The number of nitriles is 1. The number of fused-ring (bicyclic) bond motifs is 2. The molecule has 160 valence electrons. The second-order valence-corrected chi connectivity index (χ2v) is 9.44. The summed E-state index contributed by atoms with van der Waals surface area (Å²) in [4.78, 5) is 46.3. The SMILES string of the molecule is N#CCSCC(=O)NC1C(=O)N2C(C(=O)[O-])=C(Sc3nc(N)c4cn[nH]c4n3)CS[C@H]12.[Na+]. The van der Waals surface area contributed by atoms with E-state index in [9.17, 15) is 19.5 Å². The van der Waals surface area contributed by atoms with Crippen molar-refractivity contribution in [1.29, 1.82) is 5.26 Å². The number of carbonyl (C=O) groups excluding carboxylic acids is 3. The van der Waals surface area contributed by atoms with E-state index in [1.165, 1.54) is 18.0 Å². The molecular weight excluding hydrogens is 487 g/mol. The molecule has 1 saturated heterocycles. The maximum absolute atomic E-state index is 12.6. The second-order valence-electron chi connectivity index (χ2n) is 6.29. The van der Waals surface area contributed by atoms with Gasteiger partial charge in [0.1, 0.15) is 17.2 Å². The quantitative estimate of drug-likeness (QED) is 0.143. The smallest absolute Gasteiger partial charge is 0.543 e. The van der Waals surface area contributed by atoms with Gasteiger partial charge in [-0.2, -0.15) is 10.4 Å². The molecule has 0 radical (unpaired) electrons. The number of aromatic nitrogens is 4. The van der Waals surface area contributed by atoms with Crippen LogP contribution < -0.4 is 45.7 Å². The van der Waals surface area contributed by atoms with Crippen LogP contribution in [0.5, 0.6) is 0 Å². The molecule has 1 unspecified atom stereocenters. The number of hydrogen-bond acceptors (Lipinski definition) is 12. The molecule has 16 heteroatoms. The largest absolute Gasteiger partial charge is 1.00 e. The Hall–Kier alpha value is -1.96. The molecule has 2 amide bonds. The molecule has 1 fully saturated rings. The van der Waals surface area contributed by atoms with Gasteiger partial charge in [-0.05, 0) is 0 Å². The Morgan fingerprint density at radius 1 is 1.47 bits per heavy atom. The van der Waals surface area contributed by atoms with Gasteiger partial charge in [0.05, 0.1) is 40.8 Å². The summed E-state index contributed by atoms with van der Waals surface area (Å²) >= 11 is 3.41. The first-order chi connectivity index (χ1) is 14.9. The van der Waals surface area contributed by atoms with Crippen molar-refractivity contribution in [3.63, 3.8) is 0 Å². The summed E-state index contributed by atoms with van der Waals surface area (Å²) in [5.74, 6) is -1.81. The predicted octanol–water partition coefficient (Wildman–Crippen LogP) is -4.35. The normalized spacial score (nSPS) is 19.6. The third kappa shape index (κ3) is 4.70. The molecule has 2 aromatic heterocycles. The monoisotopic (exact) mass is 500 g/mol. The average molecular weight is 501 g/mol. The van der Waals surface area contributed by atoms with Gasteiger partial charge in [-0.25, -0.2) is 9.97 Å². The average Bonchev–Trinajstić information content (AvgIpc) is 3.21. The van der Waals surface area contributed by atoms with E-state index in [1.54, 1.807) is 0 Å². The van der Waals surface area contributed by atoms with Gasteiger partial charge in [0.25, 0.3) is 5.91 Å². The number of aromatic amines is 1. The van der Waals surface area contributed by atoms with E-state index in [0.717, 1.165) is 28.4 Å². The predicted molar refractivity (Wildman–Crippen MR) is 112 cm³/mol. The van der Waals surface area contributed by atoms with Crippen molar-refractivity contribution in [2.45, 2.75) is 16.6 Å². The Morgan fingerprint density at radius 2 is 2.25 bits per heavy atom. The van der Waals surface area contributed by atoms with Crippen molar-refractivity contribution < 1.29 is 49.0 Å². The summed E-state index contributed by atoms with van der Waals surface area (Å²) in [5, 5.41) is 29.7. The minimum Gasteiger partial charge on any atom is -0.543 e. The number of nitrogens with two attached hydrogens (primary N) is 1. The van der Waals surface area contributed by atoms with E-state index >= 15 is 0 Å². The number of amides is 2. The van der Waals surface area contributed by atoms with E-state index in [0.29, 0.717) is 15.9 Å². The van der Waals surface area contributed by atoms with Crippen LogP contribution >= 0.6 is 35.3 Å². The minimum atomic E-state index is -1.51. The Balaban J connectivity index is 0.00000289. The molecule has 4 N–H and O–H groups in total. The molecule has 0 spiro atoms. The summed E-state index contributed by atoms with van der Waals surface area (Å²) in [6, 6.07) is 1.07. The van der Waals surface area contributed by atoms with Crippen molar-refractivity contribution in [1.82, 2.24) is 30.4 Å². The van der Waals surface area contributed by atoms with Crippen LogP contribution in [0.25, 0.3) is 11.0 Å². The van der Waals surface area contributed by atoms with Gasteiger partial charge in [-0.1, -0.05) is 11.8 Å². The van der Waals surface area contributed by atoms with Crippen LogP contribution in [0.4, 0.5) is 5.82 Å². The number of carboxylic acid groups (broad SMARTS) is 1. The third-order valence-corrected chi connectivity index (χ3v) is 7.59. The Morgan fingerprint density at radius 3 is 2.97 bits per heavy atom. The maximum Gasteiger partial charge on any atom is 1.00 e. The van der Waals surface area contributed by atoms with Crippen LogP contribution in [0.2, 0.25) is 0 Å². The maximum atomic E-state index is 12.6. The van der Waals surface area contributed by atoms with Gasteiger partial charge in [0.2, 0.25) is 5.91 Å². The number of anilines is 1. The minimum absolute atomic E-state index is 0. The molecule has 4 rings (SSSR count). The zero-order valence-electron chi connectivity index (χ0n) is 16.5. The van der Waals surface area contributed by atoms with Crippen molar-refractivity contribution >= 4 is 69.9 Å². The summed E-state index contributed by atoms with van der Waals surface area (Å²) in [6.45, 7) is 0. The number of thioether (sulfide) groups is 3. The number of rotatable bonds is 7. The third-order valence-electron chi connectivity index (χ3n) is 4.38. The summed E-state index contributed by atoms with van der Waals surface area (Å²) in [6.07, 6.45) is 1.48. The number of carbonyl (C=O) groups is 3. The van der Waals surface area contributed by atoms with Gasteiger partial charge in [0, 0.05) is 10.7 Å². The number of carboxylic acids is 1. The van der Waals surface area contributed by atoms with Crippen molar-refractivity contribution in [2.75, 3.05) is 23.0 Å². The first-order valence-electron chi connectivity index (χ1n) is 8.68. The number of β-lactam (4-membered cyclic amide) rings is 1. The summed E-state index contributed by atoms with van der Waals surface area (Å²) in [7, 11) is 0. The zero-order valence-corrected chi connectivity index (χ0v) is 21.0. The van der Waals surface area contributed by atoms with Crippen molar-refractivity contribution in [2.24, 2.45) is 0 Å². The molecule has 2 aliphatic rings. The Bertz CT molecular complexity index is 1170. The van der Waals surface area contributed by atoms with Crippen LogP contribution in [0.1, 0.15) is 0 Å². The van der Waals surface area contributed by atoms with Crippen LogP contribution in [0, 0.1) is 11.3 Å². The number of nitrogens with zero attached hydrogens (tertiary/aromatic N) is 5. The number of aliphatic carboxylic acids is 1. The van der Waals surface area contributed by atoms with Crippen LogP contribution in [-0.4, -0.2) is 71.5 Å². The Labute approximate surface area is 215 Å². The fourth-order valence-corrected chi connectivity index (χ4v) is 5.93.